The van der Waals surface area contributed by atoms with Crippen molar-refractivity contribution in [1.82, 2.24) is 10.2 Å². The first kappa shape index (κ1) is 25.8. The largest absolute Gasteiger partial charge is 0.371 e. The van der Waals surface area contributed by atoms with E-state index in [0.29, 0.717) is 5.92 Å². The van der Waals surface area contributed by atoms with Crippen LogP contribution in [0.4, 0.5) is 5.69 Å². The van der Waals surface area contributed by atoms with Crippen molar-refractivity contribution in [3.05, 3.63) is 65.7 Å². The molecule has 3 fully saturated rings. The summed E-state index contributed by atoms with van der Waals surface area (Å²) in [6.07, 6.45) is 5.97. The van der Waals surface area contributed by atoms with Crippen molar-refractivity contribution >= 4 is 11.6 Å². The molecule has 1 amide bonds. The SMILES string of the molecule is CCCC1([C@H](C)NC(C)=O)CC1(c1ccccc1)C1CCN(CC2CN(c3ccc(C#N)cc3)C2)CC1. The standard InChI is InChI=1S/C32H42N4O/c1-4-16-31(24(2)34-25(3)37)23-32(31,28-8-6-5-7-9-28)29-14-17-35(18-15-29)20-27-21-36(22-27)30-12-10-26(19-33)11-13-30/h5-13,24,27,29H,4,14-18,20-23H2,1-3H3,(H,34,37)/t24-,31?,32?/m0/s1. The molecule has 0 aromatic heterocycles. The highest BCUT2D eigenvalue weighted by atomic mass is 16.1. The van der Waals surface area contributed by atoms with E-state index in [2.05, 4.69) is 77.5 Å². The minimum atomic E-state index is 0.0854. The summed E-state index contributed by atoms with van der Waals surface area (Å²) in [6, 6.07) is 21.6. The molecule has 3 aliphatic rings. The molecular formula is C32H42N4O. The van der Waals surface area contributed by atoms with Gasteiger partial charge in [0.1, 0.15) is 0 Å². The third-order valence-electron chi connectivity index (χ3n) is 9.71. The summed E-state index contributed by atoms with van der Waals surface area (Å²) in [4.78, 5) is 17.2. The first-order chi connectivity index (χ1) is 17.9. The highest BCUT2D eigenvalue weighted by Gasteiger charge is 2.72. The van der Waals surface area contributed by atoms with Crippen molar-refractivity contribution in [2.24, 2.45) is 17.3 Å². The topological polar surface area (TPSA) is 59.4 Å². The van der Waals surface area contributed by atoms with E-state index in [1.807, 2.05) is 12.1 Å². The Morgan fingerprint density at radius 2 is 1.78 bits per heavy atom. The highest BCUT2D eigenvalue weighted by molar-refractivity contribution is 5.73. The summed E-state index contributed by atoms with van der Waals surface area (Å²) in [5.41, 5.74) is 3.75. The second-order valence-corrected chi connectivity index (χ2v) is 11.8. The zero-order valence-electron chi connectivity index (χ0n) is 22.7. The molecule has 1 aliphatic carbocycles. The normalized spacial score (nSPS) is 27.2. The molecule has 2 aromatic rings. The van der Waals surface area contributed by atoms with Crippen LogP contribution < -0.4 is 10.2 Å². The molecule has 1 saturated carbocycles. The van der Waals surface area contributed by atoms with Crippen LogP contribution in [-0.2, 0) is 10.2 Å². The Hall–Kier alpha value is -2.84. The van der Waals surface area contributed by atoms with Gasteiger partial charge in [-0.3, -0.25) is 4.79 Å². The molecule has 2 aromatic carbocycles. The summed E-state index contributed by atoms with van der Waals surface area (Å²) in [7, 11) is 0. The van der Waals surface area contributed by atoms with Gasteiger partial charge in [-0.15, -0.1) is 0 Å². The minimum Gasteiger partial charge on any atom is -0.371 e. The molecule has 2 saturated heterocycles. The van der Waals surface area contributed by atoms with E-state index in [-0.39, 0.29) is 22.8 Å². The zero-order valence-corrected chi connectivity index (χ0v) is 22.7. The molecule has 0 spiro atoms. The van der Waals surface area contributed by atoms with Crippen molar-refractivity contribution in [1.29, 1.82) is 5.26 Å². The Labute approximate surface area is 222 Å². The van der Waals surface area contributed by atoms with Crippen LogP contribution in [0.1, 0.15) is 64.0 Å². The van der Waals surface area contributed by atoms with Crippen LogP contribution in [0.3, 0.4) is 0 Å². The van der Waals surface area contributed by atoms with Crippen molar-refractivity contribution in [2.75, 3.05) is 37.6 Å². The molecule has 5 nitrogen and oxygen atoms in total. The van der Waals surface area contributed by atoms with Crippen molar-refractivity contribution in [3.8, 4) is 6.07 Å². The predicted octanol–water partition coefficient (Wildman–Crippen LogP) is 5.36. The Morgan fingerprint density at radius 3 is 2.38 bits per heavy atom. The smallest absolute Gasteiger partial charge is 0.217 e. The summed E-state index contributed by atoms with van der Waals surface area (Å²) in [6.45, 7) is 11.9. The van der Waals surface area contributed by atoms with Gasteiger partial charge in [0.05, 0.1) is 11.6 Å². The van der Waals surface area contributed by atoms with Crippen molar-refractivity contribution < 1.29 is 4.79 Å². The summed E-state index contributed by atoms with van der Waals surface area (Å²) in [5, 5.41) is 12.3. The van der Waals surface area contributed by atoms with Crippen molar-refractivity contribution in [2.45, 2.75) is 64.3 Å². The average molecular weight is 499 g/mol. The maximum absolute atomic E-state index is 12.0. The molecule has 2 heterocycles. The predicted molar refractivity (Wildman–Crippen MR) is 149 cm³/mol. The highest BCUT2D eigenvalue weighted by Crippen LogP contribution is 2.73. The number of carbonyl (C=O) groups excluding carboxylic acids is 1. The number of anilines is 1. The number of rotatable bonds is 9. The van der Waals surface area contributed by atoms with E-state index in [4.69, 9.17) is 5.26 Å². The van der Waals surface area contributed by atoms with E-state index < -0.39 is 0 Å². The Morgan fingerprint density at radius 1 is 1.11 bits per heavy atom. The van der Waals surface area contributed by atoms with Crippen LogP contribution in [0, 0.1) is 28.6 Å². The molecule has 1 N–H and O–H groups in total. The quantitative estimate of drug-likeness (QED) is 0.506. The number of piperidine rings is 1. The number of hydrogen-bond donors (Lipinski definition) is 1. The first-order valence-electron chi connectivity index (χ1n) is 14.2. The van der Waals surface area contributed by atoms with Gasteiger partial charge in [0.2, 0.25) is 5.91 Å². The summed E-state index contributed by atoms with van der Waals surface area (Å²) < 4.78 is 0. The van der Waals surface area contributed by atoms with E-state index in [1.54, 1.807) is 6.92 Å². The Balaban J connectivity index is 1.22. The Kier molecular flexibility index (Phi) is 7.32. The van der Waals surface area contributed by atoms with Gasteiger partial charge in [0.15, 0.2) is 0 Å². The fourth-order valence-electron chi connectivity index (χ4n) is 7.94. The third kappa shape index (κ3) is 4.77. The van der Waals surface area contributed by atoms with Crippen LogP contribution in [-0.4, -0.2) is 49.6 Å². The van der Waals surface area contributed by atoms with Gasteiger partial charge in [-0.2, -0.15) is 5.26 Å². The lowest BCUT2D eigenvalue weighted by Crippen LogP contribution is -2.53. The lowest BCUT2D eigenvalue weighted by atomic mass is 9.69. The van der Waals surface area contributed by atoms with Crippen LogP contribution in [0.15, 0.2) is 54.6 Å². The maximum Gasteiger partial charge on any atom is 0.217 e. The van der Waals surface area contributed by atoms with Crippen LogP contribution in [0.25, 0.3) is 0 Å². The number of amides is 1. The molecule has 3 atom stereocenters. The third-order valence-corrected chi connectivity index (χ3v) is 9.71. The first-order valence-corrected chi connectivity index (χ1v) is 14.2. The fraction of sp³-hybridized carbons (Fsp3) is 0.562. The number of carbonyl (C=O) groups is 1. The number of benzene rings is 2. The van der Waals surface area contributed by atoms with Crippen LogP contribution in [0.5, 0.6) is 0 Å². The Bertz CT molecular complexity index is 1110. The van der Waals surface area contributed by atoms with Gasteiger partial charge in [0.25, 0.3) is 0 Å². The van der Waals surface area contributed by atoms with Gasteiger partial charge >= 0.3 is 0 Å². The van der Waals surface area contributed by atoms with Gasteiger partial charge in [0, 0.05) is 55.0 Å². The fourth-order valence-corrected chi connectivity index (χ4v) is 7.94. The molecule has 196 valence electrons. The number of nitrogens with zero attached hydrogens (tertiary/aromatic N) is 3. The van der Waals surface area contributed by atoms with Gasteiger partial charge < -0.3 is 15.1 Å². The van der Waals surface area contributed by atoms with Crippen molar-refractivity contribution in [3.63, 3.8) is 0 Å². The van der Waals surface area contributed by atoms with Crippen LogP contribution in [0.2, 0.25) is 0 Å². The summed E-state index contributed by atoms with van der Waals surface area (Å²) in [5.74, 6) is 1.46. The maximum atomic E-state index is 12.0. The van der Waals surface area contributed by atoms with Gasteiger partial charge in [-0.05, 0) is 81.4 Å². The summed E-state index contributed by atoms with van der Waals surface area (Å²) >= 11 is 0. The number of nitriles is 1. The number of hydrogen-bond acceptors (Lipinski definition) is 4. The molecular weight excluding hydrogens is 456 g/mol. The zero-order chi connectivity index (χ0) is 26.0. The monoisotopic (exact) mass is 498 g/mol. The van der Waals surface area contributed by atoms with E-state index >= 15 is 0 Å². The average Bonchev–Trinajstić information content (AvgIpc) is 3.58. The molecule has 2 unspecified atom stereocenters. The van der Waals surface area contributed by atoms with Gasteiger partial charge in [-0.1, -0.05) is 43.7 Å². The minimum absolute atomic E-state index is 0.0854. The number of likely N-dealkylation sites (tertiary alicyclic amines) is 1. The van der Waals surface area contributed by atoms with Crippen LogP contribution >= 0.6 is 0 Å². The van der Waals surface area contributed by atoms with E-state index in [1.165, 1.54) is 50.1 Å². The molecule has 5 heteroatoms. The molecule has 2 aliphatic heterocycles. The molecule has 5 rings (SSSR count). The molecule has 0 radical (unpaired) electrons. The lowest BCUT2D eigenvalue weighted by Gasteiger charge is -2.46. The van der Waals surface area contributed by atoms with E-state index in [0.717, 1.165) is 37.4 Å². The second kappa shape index (κ2) is 10.5. The second-order valence-electron chi connectivity index (χ2n) is 11.8. The number of nitrogens with one attached hydrogen (secondary N) is 1. The van der Waals surface area contributed by atoms with Gasteiger partial charge in [-0.25, -0.2) is 0 Å². The lowest BCUT2D eigenvalue weighted by molar-refractivity contribution is -0.120. The molecule has 37 heavy (non-hydrogen) atoms. The molecule has 0 bridgehead atoms. The van der Waals surface area contributed by atoms with E-state index in [9.17, 15) is 4.79 Å².